The van der Waals surface area contributed by atoms with E-state index >= 15 is 0 Å². The Morgan fingerprint density at radius 2 is 2.12 bits per heavy atom. The van der Waals surface area contributed by atoms with Gasteiger partial charge < -0.3 is 10.1 Å². The van der Waals surface area contributed by atoms with Crippen LogP contribution in [-0.2, 0) is 14.8 Å². The largest absolute Gasteiger partial charge is 0.481 e. The number of nitrogens with one attached hydrogen (secondary N) is 1. The van der Waals surface area contributed by atoms with E-state index in [4.69, 9.17) is 5.11 Å². The predicted octanol–water partition coefficient (Wildman–Crippen LogP) is -0.105. The van der Waals surface area contributed by atoms with Crippen LogP contribution in [0.25, 0.3) is 0 Å². The molecule has 0 unspecified atom stereocenters. The molecule has 2 N–H and O–H groups in total. The third-order valence-electron chi connectivity index (χ3n) is 2.89. The van der Waals surface area contributed by atoms with Crippen molar-refractivity contribution in [1.82, 2.24) is 14.3 Å². The first kappa shape index (κ1) is 12.1. The summed E-state index contributed by atoms with van der Waals surface area (Å²) in [6, 6.07) is 0. The lowest BCUT2D eigenvalue weighted by Crippen LogP contribution is -2.40. The van der Waals surface area contributed by atoms with Crippen molar-refractivity contribution in [3.63, 3.8) is 0 Å². The number of hydrogen-bond acceptors (Lipinski definition) is 4. The summed E-state index contributed by atoms with van der Waals surface area (Å²) < 4.78 is 25.4. The van der Waals surface area contributed by atoms with Crippen LogP contribution in [-0.4, -0.2) is 46.9 Å². The number of carboxylic acid groups (broad SMARTS) is 1. The van der Waals surface area contributed by atoms with Crippen molar-refractivity contribution in [2.45, 2.75) is 17.9 Å². The monoisotopic (exact) mass is 259 g/mol. The quantitative estimate of drug-likeness (QED) is 0.788. The molecular weight excluding hydrogens is 246 g/mol. The fourth-order valence-electron chi connectivity index (χ4n) is 1.87. The highest BCUT2D eigenvalue weighted by atomic mass is 32.2. The zero-order valence-electron chi connectivity index (χ0n) is 9.04. The summed E-state index contributed by atoms with van der Waals surface area (Å²) in [7, 11) is -3.55. The number of hydrogen-bond donors (Lipinski definition) is 2. The molecule has 2 rings (SSSR count). The van der Waals surface area contributed by atoms with Gasteiger partial charge in [-0.1, -0.05) is 0 Å². The van der Waals surface area contributed by atoms with Gasteiger partial charge in [0.15, 0.2) is 5.03 Å². The smallest absolute Gasteiger partial charge is 0.306 e. The second-order valence-corrected chi connectivity index (χ2v) is 5.84. The maximum Gasteiger partial charge on any atom is 0.306 e. The van der Waals surface area contributed by atoms with Gasteiger partial charge in [-0.05, 0) is 12.8 Å². The Balaban J connectivity index is 2.09. The number of carboxylic acids is 1. The van der Waals surface area contributed by atoms with Crippen LogP contribution in [0.5, 0.6) is 0 Å². The molecule has 94 valence electrons. The number of aromatic nitrogens is 2. The van der Waals surface area contributed by atoms with E-state index in [1.165, 1.54) is 16.8 Å². The lowest BCUT2D eigenvalue weighted by atomic mass is 9.99. The van der Waals surface area contributed by atoms with Gasteiger partial charge in [0, 0.05) is 13.1 Å². The average Bonchev–Trinajstić information content (AvgIpc) is 2.83. The van der Waals surface area contributed by atoms with Gasteiger partial charge in [0.05, 0.1) is 18.4 Å². The summed E-state index contributed by atoms with van der Waals surface area (Å²) in [5.74, 6) is -1.30. The van der Waals surface area contributed by atoms with E-state index < -0.39 is 21.9 Å². The first-order valence-electron chi connectivity index (χ1n) is 5.23. The summed E-state index contributed by atoms with van der Waals surface area (Å²) >= 11 is 0. The highest BCUT2D eigenvalue weighted by Gasteiger charge is 2.32. The Morgan fingerprint density at radius 1 is 1.47 bits per heavy atom. The maximum absolute atomic E-state index is 12.0. The first-order valence-corrected chi connectivity index (χ1v) is 6.67. The lowest BCUT2D eigenvalue weighted by Gasteiger charge is -2.28. The summed E-state index contributed by atoms with van der Waals surface area (Å²) in [6.07, 6.45) is 3.25. The molecular formula is C9H13N3O4S. The molecule has 1 aliphatic heterocycles. The Morgan fingerprint density at radius 3 is 2.59 bits per heavy atom. The number of nitrogens with zero attached hydrogens (tertiary/aromatic N) is 2. The normalized spacial score (nSPS) is 19.3. The summed E-state index contributed by atoms with van der Waals surface area (Å²) in [5.41, 5.74) is 0. The van der Waals surface area contributed by atoms with Crippen molar-refractivity contribution in [1.29, 1.82) is 0 Å². The van der Waals surface area contributed by atoms with Crippen LogP contribution in [0, 0.1) is 5.92 Å². The van der Waals surface area contributed by atoms with Crippen molar-refractivity contribution >= 4 is 16.0 Å². The van der Waals surface area contributed by atoms with Gasteiger partial charge in [0.2, 0.25) is 0 Å². The SMILES string of the molecule is O=C(O)C1CCN(S(=O)(=O)c2cnc[nH]2)CC1. The van der Waals surface area contributed by atoms with E-state index in [-0.39, 0.29) is 18.1 Å². The van der Waals surface area contributed by atoms with Gasteiger partial charge in [-0.15, -0.1) is 0 Å². The van der Waals surface area contributed by atoms with Gasteiger partial charge in [-0.2, -0.15) is 4.31 Å². The summed E-state index contributed by atoms with van der Waals surface area (Å²) in [6.45, 7) is 0.469. The van der Waals surface area contributed by atoms with Crippen LogP contribution in [0.4, 0.5) is 0 Å². The van der Waals surface area contributed by atoms with Crippen molar-refractivity contribution in [3.8, 4) is 0 Å². The molecule has 0 atom stereocenters. The number of piperidine rings is 1. The maximum atomic E-state index is 12.0. The summed E-state index contributed by atoms with van der Waals surface area (Å²) in [4.78, 5) is 17.0. The average molecular weight is 259 g/mol. The van der Waals surface area contributed by atoms with Crippen LogP contribution in [0.1, 0.15) is 12.8 Å². The van der Waals surface area contributed by atoms with E-state index in [2.05, 4.69) is 9.97 Å². The van der Waals surface area contributed by atoms with E-state index in [1.54, 1.807) is 0 Å². The highest BCUT2D eigenvalue weighted by molar-refractivity contribution is 7.89. The second kappa shape index (κ2) is 4.46. The molecule has 0 aromatic carbocycles. The number of rotatable bonds is 3. The van der Waals surface area contributed by atoms with E-state index in [0.717, 1.165) is 0 Å². The molecule has 0 bridgehead atoms. The summed E-state index contributed by atoms with van der Waals surface area (Å²) in [5, 5.41) is 8.87. The van der Waals surface area contributed by atoms with Crippen LogP contribution >= 0.6 is 0 Å². The minimum atomic E-state index is -3.55. The van der Waals surface area contributed by atoms with Gasteiger partial charge >= 0.3 is 5.97 Å². The molecule has 2 heterocycles. The van der Waals surface area contributed by atoms with Crippen molar-refractivity contribution in [3.05, 3.63) is 12.5 Å². The zero-order valence-corrected chi connectivity index (χ0v) is 9.85. The van der Waals surface area contributed by atoms with E-state index in [0.29, 0.717) is 12.8 Å². The van der Waals surface area contributed by atoms with Crippen LogP contribution in [0.2, 0.25) is 0 Å². The molecule has 1 saturated heterocycles. The Labute approximate surface area is 98.5 Å². The van der Waals surface area contributed by atoms with Crippen LogP contribution in [0.3, 0.4) is 0 Å². The van der Waals surface area contributed by atoms with Crippen LogP contribution < -0.4 is 0 Å². The van der Waals surface area contributed by atoms with Crippen molar-refractivity contribution in [2.24, 2.45) is 5.92 Å². The number of sulfonamides is 1. The number of carbonyl (C=O) groups is 1. The van der Waals surface area contributed by atoms with E-state index in [1.807, 2.05) is 0 Å². The van der Waals surface area contributed by atoms with Gasteiger partial charge in [-0.3, -0.25) is 4.79 Å². The standard InChI is InChI=1S/C9H13N3O4S/c13-9(14)7-1-3-12(4-2-7)17(15,16)8-5-10-6-11-8/h5-7H,1-4H2,(H,10,11)(H,13,14). The molecule has 17 heavy (non-hydrogen) atoms. The lowest BCUT2D eigenvalue weighted by molar-refractivity contribution is -0.142. The number of aliphatic carboxylic acids is 1. The molecule has 0 radical (unpaired) electrons. The molecule has 0 aliphatic carbocycles. The molecule has 0 spiro atoms. The Bertz CT molecular complexity index is 488. The fourth-order valence-corrected chi connectivity index (χ4v) is 3.23. The van der Waals surface area contributed by atoms with E-state index in [9.17, 15) is 13.2 Å². The number of imidazole rings is 1. The van der Waals surface area contributed by atoms with Crippen molar-refractivity contribution in [2.75, 3.05) is 13.1 Å². The second-order valence-electron chi connectivity index (χ2n) is 3.93. The van der Waals surface area contributed by atoms with Crippen LogP contribution in [0.15, 0.2) is 17.6 Å². The number of H-pyrrole nitrogens is 1. The molecule has 0 amide bonds. The molecule has 1 aliphatic rings. The molecule has 7 nitrogen and oxygen atoms in total. The number of aromatic amines is 1. The van der Waals surface area contributed by atoms with Crippen molar-refractivity contribution < 1.29 is 18.3 Å². The van der Waals surface area contributed by atoms with Gasteiger partial charge in [0.25, 0.3) is 10.0 Å². The fraction of sp³-hybridized carbons (Fsp3) is 0.556. The predicted molar refractivity (Wildman–Crippen MR) is 57.7 cm³/mol. The van der Waals surface area contributed by atoms with Gasteiger partial charge in [0.1, 0.15) is 0 Å². The molecule has 0 saturated carbocycles. The first-order chi connectivity index (χ1) is 8.01. The topological polar surface area (TPSA) is 103 Å². The minimum absolute atomic E-state index is 0.0475. The Kier molecular flexibility index (Phi) is 3.16. The molecule has 1 fully saturated rings. The minimum Gasteiger partial charge on any atom is -0.481 e. The zero-order chi connectivity index (χ0) is 12.5. The third kappa shape index (κ3) is 2.32. The molecule has 1 aromatic heterocycles. The third-order valence-corrected chi connectivity index (χ3v) is 4.72. The van der Waals surface area contributed by atoms with Gasteiger partial charge in [-0.25, -0.2) is 13.4 Å². The molecule has 8 heteroatoms. The molecule has 1 aromatic rings. The highest BCUT2D eigenvalue weighted by Crippen LogP contribution is 2.22. The Hall–Kier alpha value is -1.41.